The Morgan fingerprint density at radius 2 is 2.19 bits per heavy atom. The predicted octanol–water partition coefficient (Wildman–Crippen LogP) is 3.35. The Labute approximate surface area is 101 Å². The molecule has 3 nitrogen and oxygen atoms in total. The van der Waals surface area contributed by atoms with Gasteiger partial charge in [-0.2, -0.15) is 0 Å². The third kappa shape index (κ3) is 3.27. The fourth-order valence-electron chi connectivity index (χ4n) is 1.10. The minimum atomic E-state index is -0.185. The SMILES string of the molecule is CC(CNC(=O)c1ccoc1Cl)C(C)(C)C. The molecule has 0 aliphatic heterocycles. The Hall–Kier alpha value is -0.960. The molecular weight excluding hydrogens is 226 g/mol. The molecule has 1 unspecified atom stereocenters. The first kappa shape index (κ1) is 13.1. The molecule has 16 heavy (non-hydrogen) atoms. The van der Waals surface area contributed by atoms with Crippen LogP contribution in [0.4, 0.5) is 0 Å². The van der Waals surface area contributed by atoms with Gasteiger partial charge in [-0.3, -0.25) is 4.79 Å². The van der Waals surface area contributed by atoms with Gasteiger partial charge in [0.15, 0.2) is 0 Å². The maximum absolute atomic E-state index is 11.7. The van der Waals surface area contributed by atoms with Gasteiger partial charge in [0, 0.05) is 6.54 Å². The van der Waals surface area contributed by atoms with E-state index in [-0.39, 0.29) is 16.5 Å². The van der Waals surface area contributed by atoms with Gasteiger partial charge in [0.05, 0.1) is 11.8 Å². The van der Waals surface area contributed by atoms with Gasteiger partial charge >= 0.3 is 0 Å². The number of hydrogen-bond acceptors (Lipinski definition) is 2. The number of halogens is 1. The Bertz CT molecular complexity index is 365. The van der Waals surface area contributed by atoms with Crippen molar-refractivity contribution in [2.24, 2.45) is 11.3 Å². The lowest BCUT2D eigenvalue weighted by Gasteiger charge is -2.27. The normalized spacial score (nSPS) is 13.6. The van der Waals surface area contributed by atoms with Crippen molar-refractivity contribution in [2.45, 2.75) is 27.7 Å². The van der Waals surface area contributed by atoms with Gasteiger partial charge in [-0.25, -0.2) is 0 Å². The topological polar surface area (TPSA) is 42.2 Å². The molecule has 1 rings (SSSR count). The summed E-state index contributed by atoms with van der Waals surface area (Å²) in [5.74, 6) is 0.206. The first-order valence-corrected chi connectivity index (χ1v) is 5.71. The van der Waals surface area contributed by atoms with Crippen molar-refractivity contribution >= 4 is 17.5 Å². The summed E-state index contributed by atoms with van der Waals surface area (Å²) >= 11 is 5.71. The molecule has 1 atom stereocenters. The number of hydrogen-bond donors (Lipinski definition) is 1. The number of carbonyl (C=O) groups is 1. The van der Waals surface area contributed by atoms with Crippen molar-refractivity contribution in [1.82, 2.24) is 5.32 Å². The van der Waals surface area contributed by atoms with E-state index in [4.69, 9.17) is 16.0 Å². The van der Waals surface area contributed by atoms with Crippen LogP contribution in [0.2, 0.25) is 5.22 Å². The maximum atomic E-state index is 11.7. The van der Waals surface area contributed by atoms with Gasteiger partial charge in [-0.1, -0.05) is 27.7 Å². The zero-order valence-electron chi connectivity index (χ0n) is 10.1. The molecule has 0 spiro atoms. The third-order valence-corrected chi connectivity index (χ3v) is 3.20. The van der Waals surface area contributed by atoms with E-state index in [1.54, 1.807) is 6.07 Å². The summed E-state index contributed by atoms with van der Waals surface area (Å²) in [6.07, 6.45) is 1.41. The number of nitrogens with one attached hydrogen (secondary N) is 1. The van der Waals surface area contributed by atoms with E-state index < -0.39 is 0 Å². The standard InChI is InChI=1S/C12H18ClNO2/c1-8(12(2,3)4)7-14-11(15)9-5-6-16-10(9)13/h5-6,8H,7H2,1-4H3,(H,14,15). The molecule has 0 radical (unpaired) electrons. The minimum Gasteiger partial charge on any atom is -0.452 e. The van der Waals surface area contributed by atoms with Crippen LogP contribution in [-0.4, -0.2) is 12.5 Å². The lowest BCUT2D eigenvalue weighted by Crippen LogP contribution is -2.33. The molecule has 0 fully saturated rings. The summed E-state index contributed by atoms with van der Waals surface area (Å²) in [7, 11) is 0. The van der Waals surface area contributed by atoms with Gasteiger partial charge in [-0.15, -0.1) is 0 Å². The molecule has 4 heteroatoms. The van der Waals surface area contributed by atoms with E-state index >= 15 is 0 Å². The number of furan rings is 1. The smallest absolute Gasteiger partial charge is 0.256 e. The Balaban J connectivity index is 2.52. The highest BCUT2D eigenvalue weighted by Crippen LogP contribution is 2.24. The molecule has 90 valence electrons. The maximum Gasteiger partial charge on any atom is 0.256 e. The molecule has 0 bridgehead atoms. The minimum absolute atomic E-state index is 0.140. The zero-order valence-corrected chi connectivity index (χ0v) is 10.9. The largest absolute Gasteiger partial charge is 0.452 e. The predicted molar refractivity (Wildman–Crippen MR) is 64.7 cm³/mol. The number of carbonyl (C=O) groups excluding carboxylic acids is 1. The van der Waals surface area contributed by atoms with Crippen LogP contribution >= 0.6 is 11.6 Å². The average Bonchev–Trinajstić information content (AvgIpc) is 2.58. The molecule has 0 aliphatic rings. The second-order valence-electron chi connectivity index (χ2n) is 5.09. The Morgan fingerprint density at radius 3 is 2.62 bits per heavy atom. The van der Waals surface area contributed by atoms with Crippen LogP contribution in [-0.2, 0) is 0 Å². The van der Waals surface area contributed by atoms with Gasteiger partial charge in [-0.05, 0) is 29.0 Å². The van der Waals surface area contributed by atoms with Crippen LogP contribution in [0.5, 0.6) is 0 Å². The van der Waals surface area contributed by atoms with Crippen LogP contribution in [0, 0.1) is 11.3 Å². The van der Waals surface area contributed by atoms with Crippen LogP contribution in [0.15, 0.2) is 16.7 Å². The van der Waals surface area contributed by atoms with Crippen LogP contribution in [0.25, 0.3) is 0 Å². The summed E-state index contributed by atoms with van der Waals surface area (Å²) in [4.78, 5) is 11.7. The number of amides is 1. The molecule has 0 aromatic carbocycles. The third-order valence-electron chi connectivity index (χ3n) is 2.91. The highest BCUT2D eigenvalue weighted by molar-refractivity contribution is 6.32. The fourth-order valence-corrected chi connectivity index (χ4v) is 1.30. The Kier molecular flexibility index (Phi) is 4.03. The Morgan fingerprint density at radius 1 is 1.56 bits per heavy atom. The molecule has 1 aromatic rings. The molecule has 0 saturated carbocycles. The quantitative estimate of drug-likeness (QED) is 0.885. The van der Waals surface area contributed by atoms with Crippen LogP contribution in [0.1, 0.15) is 38.1 Å². The van der Waals surface area contributed by atoms with Crippen molar-refractivity contribution < 1.29 is 9.21 Å². The highest BCUT2D eigenvalue weighted by atomic mass is 35.5. The van der Waals surface area contributed by atoms with E-state index in [2.05, 4.69) is 33.0 Å². The van der Waals surface area contributed by atoms with Gasteiger partial charge in [0.1, 0.15) is 0 Å². The van der Waals surface area contributed by atoms with Crippen molar-refractivity contribution in [3.05, 3.63) is 23.1 Å². The highest BCUT2D eigenvalue weighted by Gasteiger charge is 2.21. The van der Waals surface area contributed by atoms with Gasteiger partial charge in [0.2, 0.25) is 5.22 Å². The van der Waals surface area contributed by atoms with Crippen molar-refractivity contribution in [3.63, 3.8) is 0 Å². The molecule has 1 heterocycles. The first-order chi connectivity index (χ1) is 7.32. The molecular formula is C12H18ClNO2. The van der Waals surface area contributed by atoms with E-state index in [0.29, 0.717) is 18.0 Å². The van der Waals surface area contributed by atoms with E-state index in [0.717, 1.165) is 0 Å². The fraction of sp³-hybridized carbons (Fsp3) is 0.583. The zero-order chi connectivity index (χ0) is 12.3. The van der Waals surface area contributed by atoms with Crippen molar-refractivity contribution in [1.29, 1.82) is 0 Å². The van der Waals surface area contributed by atoms with Crippen LogP contribution in [0.3, 0.4) is 0 Å². The first-order valence-electron chi connectivity index (χ1n) is 5.33. The van der Waals surface area contributed by atoms with Gasteiger partial charge < -0.3 is 9.73 Å². The monoisotopic (exact) mass is 243 g/mol. The summed E-state index contributed by atoms with van der Waals surface area (Å²) in [6, 6.07) is 1.57. The summed E-state index contributed by atoms with van der Waals surface area (Å²) in [5, 5.41) is 2.99. The summed E-state index contributed by atoms with van der Waals surface area (Å²) in [5.41, 5.74) is 0.566. The van der Waals surface area contributed by atoms with E-state index in [1.165, 1.54) is 6.26 Å². The van der Waals surface area contributed by atoms with E-state index in [9.17, 15) is 4.79 Å². The lowest BCUT2D eigenvalue weighted by atomic mass is 9.82. The molecule has 1 N–H and O–H groups in total. The van der Waals surface area contributed by atoms with Crippen LogP contribution < -0.4 is 5.32 Å². The van der Waals surface area contributed by atoms with Crippen molar-refractivity contribution in [3.8, 4) is 0 Å². The second-order valence-corrected chi connectivity index (χ2v) is 5.43. The second kappa shape index (κ2) is 4.91. The molecule has 1 amide bonds. The van der Waals surface area contributed by atoms with E-state index in [1.807, 2.05) is 0 Å². The molecule has 0 saturated heterocycles. The van der Waals surface area contributed by atoms with Crippen molar-refractivity contribution in [2.75, 3.05) is 6.54 Å². The lowest BCUT2D eigenvalue weighted by molar-refractivity contribution is 0.0936. The molecule has 1 aromatic heterocycles. The summed E-state index contributed by atoms with van der Waals surface area (Å²) in [6.45, 7) is 9.18. The molecule has 0 aliphatic carbocycles. The summed E-state index contributed by atoms with van der Waals surface area (Å²) < 4.78 is 4.86. The average molecular weight is 244 g/mol. The van der Waals surface area contributed by atoms with Gasteiger partial charge in [0.25, 0.3) is 5.91 Å². The number of rotatable bonds is 3.